The van der Waals surface area contributed by atoms with Crippen molar-refractivity contribution in [3.05, 3.63) is 23.0 Å². The number of nitrogens with zero attached hydrogens (tertiary/aromatic N) is 3. The first-order valence-electron chi connectivity index (χ1n) is 5.61. The van der Waals surface area contributed by atoms with Gasteiger partial charge >= 0.3 is 0 Å². The van der Waals surface area contributed by atoms with Crippen molar-refractivity contribution in [1.29, 1.82) is 0 Å². The van der Waals surface area contributed by atoms with Gasteiger partial charge in [-0.1, -0.05) is 0 Å². The van der Waals surface area contributed by atoms with Crippen LogP contribution in [0, 0.1) is 0 Å². The Kier molecular flexibility index (Phi) is 2.81. The summed E-state index contributed by atoms with van der Waals surface area (Å²) in [4.78, 5) is 21.7. The first-order valence-corrected chi connectivity index (χ1v) is 5.61. The number of imidazole rings is 1. The number of fused-ring (bicyclic) bond motifs is 1. The normalized spacial score (nSPS) is 31.1. The van der Waals surface area contributed by atoms with E-state index in [-0.39, 0.29) is 11.2 Å². The summed E-state index contributed by atoms with van der Waals surface area (Å²) in [6, 6.07) is 0. The highest BCUT2D eigenvalue weighted by Gasteiger charge is 2.44. The van der Waals surface area contributed by atoms with Crippen LogP contribution >= 0.6 is 0 Å². The van der Waals surface area contributed by atoms with E-state index in [9.17, 15) is 19.4 Å². The predicted molar refractivity (Wildman–Crippen MR) is 60.0 cm³/mol. The van der Waals surface area contributed by atoms with Crippen molar-refractivity contribution in [3.63, 3.8) is 0 Å². The molecule has 19 heavy (non-hydrogen) atoms. The Bertz CT molecular complexity index is 656. The molecule has 0 aromatic carbocycles. The lowest BCUT2D eigenvalue weighted by Gasteiger charge is -2.16. The second-order valence-corrected chi connectivity index (χ2v) is 4.26. The van der Waals surface area contributed by atoms with Crippen molar-refractivity contribution < 1.29 is 19.3 Å². The maximum atomic E-state index is 12.6. The third-order valence-corrected chi connectivity index (χ3v) is 3.13. The molecule has 0 unspecified atom stereocenters. The molecule has 0 bridgehead atoms. The second kappa shape index (κ2) is 4.37. The molecule has 1 fully saturated rings. The summed E-state index contributed by atoms with van der Waals surface area (Å²) in [5.74, 6) is 0. The fraction of sp³-hybridized carbons (Fsp3) is 0.500. The Hall–Kier alpha value is -1.84. The number of aliphatic hydroxyl groups excluding tert-OH is 2. The van der Waals surface area contributed by atoms with E-state index >= 15 is 0 Å². The summed E-state index contributed by atoms with van der Waals surface area (Å²) in [6.45, 7) is -0.921. The Morgan fingerprint density at radius 1 is 1.42 bits per heavy atom. The maximum Gasteiger partial charge on any atom is 0.278 e. The summed E-state index contributed by atoms with van der Waals surface area (Å²) in [5.41, 5.74) is -0.158. The summed E-state index contributed by atoms with van der Waals surface area (Å²) in [5, 5.41) is 19.5. The molecule has 1 saturated heterocycles. The summed E-state index contributed by atoms with van der Waals surface area (Å²) in [6.07, 6.45) is -2.36. The second-order valence-electron chi connectivity index (χ2n) is 4.26. The molecule has 4 atom stereocenters. The van der Waals surface area contributed by atoms with Gasteiger partial charge in [-0.05, 0) is 0 Å². The van der Waals surface area contributed by atoms with Crippen LogP contribution < -0.4 is 5.56 Å². The van der Waals surface area contributed by atoms with E-state index in [1.54, 1.807) is 0 Å². The van der Waals surface area contributed by atoms with E-state index in [1.807, 2.05) is 0 Å². The minimum Gasteiger partial charge on any atom is -0.387 e. The van der Waals surface area contributed by atoms with Gasteiger partial charge in [0.25, 0.3) is 5.56 Å². The van der Waals surface area contributed by atoms with E-state index in [1.165, 1.54) is 17.2 Å². The molecule has 8 nitrogen and oxygen atoms in total. The van der Waals surface area contributed by atoms with Crippen LogP contribution in [-0.4, -0.2) is 54.7 Å². The molecule has 0 radical (unpaired) electrons. The van der Waals surface area contributed by atoms with Crippen LogP contribution in [0.3, 0.4) is 0 Å². The Morgan fingerprint density at radius 3 is 2.89 bits per heavy atom. The lowest BCUT2D eigenvalue weighted by atomic mass is 10.1. The molecule has 3 N–H and O–H groups in total. The monoisotopic (exact) mass is 270 g/mol. The topological polar surface area (TPSA) is 113 Å². The molecule has 0 aliphatic carbocycles. The van der Waals surface area contributed by atoms with Gasteiger partial charge in [-0.3, -0.25) is 9.36 Å². The molecule has 0 saturated carbocycles. The molecule has 1 aliphatic rings. The molecular weight excluding hydrogens is 259 g/mol. The van der Waals surface area contributed by atoms with Crippen LogP contribution in [-0.2, 0) is 4.74 Å². The number of aliphatic hydroxyl groups is 2. The zero-order chi connectivity index (χ0) is 13.6. The number of alkyl halides is 1. The standard InChI is InChI=1S/C10H11FN4O4/c11-1-4-6(16)7(17)10(19-4)15-3-14-5-8(15)12-2-13-9(5)18/h2-4,6-7,10,16-17H,1H2,(H,12,13,18)/t4-,6+,7+,10-/m0/s1. The van der Waals surface area contributed by atoms with E-state index in [0.717, 1.165) is 0 Å². The van der Waals surface area contributed by atoms with Crippen molar-refractivity contribution in [2.75, 3.05) is 6.67 Å². The van der Waals surface area contributed by atoms with Gasteiger partial charge in [0.15, 0.2) is 17.4 Å². The van der Waals surface area contributed by atoms with Crippen molar-refractivity contribution in [2.24, 2.45) is 0 Å². The average molecular weight is 270 g/mol. The van der Waals surface area contributed by atoms with Gasteiger partial charge in [-0.15, -0.1) is 0 Å². The number of rotatable bonds is 2. The minimum atomic E-state index is -1.34. The van der Waals surface area contributed by atoms with Gasteiger partial charge in [-0.25, -0.2) is 14.4 Å². The molecule has 9 heteroatoms. The van der Waals surface area contributed by atoms with Crippen LogP contribution in [0.15, 0.2) is 17.4 Å². The number of aromatic amines is 1. The number of aromatic nitrogens is 4. The van der Waals surface area contributed by atoms with Crippen LogP contribution in [0.25, 0.3) is 11.2 Å². The summed E-state index contributed by atoms with van der Waals surface area (Å²) < 4.78 is 19.1. The number of hydrogen-bond acceptors (Lipinski definition) is 6. The third kappa shape index (κ3) is 1.74. The Labute approximate surface area is 105 Å². The Morgan fingerprint density at radius 2 is 2.21 bits per heavy atom. The van der Waals surface area contributed by atoms with Gasteiger partial charge in [0.2, 0.25) is 0 Å². The van der Waals surface area contributed by atoms with Gasteiger partial charge in [0, 0.05) is 0 Å². The molecule has 1 aliphatic heterocycles. The maximum absolute atomic E-state index is 12.6. The smallest absolute Gasteiger partial charge is 0.278 e. The summed E-state index contributed by atoms with van der Waals surface area (Å²) in [7, 11) is 0. The highest BCUT2D eigenvalue weighted by molar-refractivity contribution is 5.68. The Balaban J connectivity index is 2.06. The lowest BCUT2D eigenvalue weighted by Crippen LogP contribution is -2.32. The lowest BCUT2D eigenvalue weighted by molar-refractivity contribution is -0.0409. The van der Waals surface area contributed by atoms with Gasteiger partial charge in [0.05, 0.1) is 12.7 Å². The fourth-order valence-electron chi connectivity index (χ4n) is 2.14. The van der Waals surface area contributed by atoms with E-state index < -0.39 is 36.8 Å². The molecule has 0 amide bonds. The number of nitrogens with one attached hydrogen (secondary N) is 1. The molecule has 3 rings (SSSR count). The number of ether oxygens (including phenoxy) is 1. The number of H-pyrrole nitrogens is 1. The van der Waals surface area contributed by atoms with Crippen molar-refractivity contribution >= 4 is 11.2 Å². The predicted octanol–water partition coefficient (Wildman–Crippen LogP) is -1.29. The largest absolute Gasteiger partial charge is 0.387 e. The van der Waals surface area contributed by atoms with Crippen LogP contribution in [0.2, 0.25) is 0 Å². The zero-order valence-electron chi connectivity index (χ0n) is 9.60. The highest BCUT2D eigenvalue weighted by atomic mass is 19.1. The summed E-state index contributed by atoms with van der Waals surface area (Å²) >= 11 is 0. The van der Waals surface area contributed by atoms with Crippen molar-refractivity contribution in [1.82, 2.24) is 19.5 Å². The zero-order valence-corrected chi connectivity index (χ0v) is 9.60. The molecule has 2 aromatic heterocycles. The van der Waals surface area contributed by atoms with Gasteiger partial charge < -0.3 is 19.9 Å². The van der Waals surface area contributed by atoms with Gasteiger partial charge in [0.1, 0.15) is 25.0 Å². The molecular formula is C10H11FN4O4. The molecule has 2 aromatic rings. The average Bonchev–Trinajstić information content (AvgIpc) is 2.94. The molecule has 0 spiro atoms. The first kappa shape index (κ1) is 12.2. The minimum absolute atomic E-state index is 0.0801. The van der Waals surface area contributed by atoms with E-state index in [4.69, 9.17) is 4.74 Å². The first-order chi connectivity index (χ1) is 9.13. The van der Waals surface area contributed by atoms with Crippen LogP contribution in [0.5, 0.6) is 0 Å². The highest BCUT2D eigenvalue weighted by Crippen LogP contribution is 2.30. The SMILES string of the molecule is O=c1[nH]cnc2c1ncn2[C@H]1O[C@@H](CF)[C@@H](O)[C@H]1O. The van der Waals surface area contributed by atoms with Crippen molar-refractivity contribution in [2.45, 2.75) is 24.5 Å². The van der Waals surface area contributed by atoms with E-state index in [2.05, 4.69) is 15.0 Å². The third-order valence-electron chi connectivity index (χ3n) is 3.13. The molecule has 3 heterocycles. The molecule has 102 valence electrons. The quantitative estimate of drug-likeness (QED) is 0.625. The van der Waals surface area contributed by atoms with Gasteiger partial charge in [-0.2, -0.15) is 0 Å². The number of halogens is 1. The van der Waals surface area contributed by atoms with Crippen molar-refractivity contribution in [3.8, 4) is 0 Å². The fourth-order valence-corrected chi connectivity index (χ4v) is 2.14. The van der Waals surface area contributed by atoms with Crippen LogP contribution in [0.4, 0.5) is 4.39 Å². The van der Waals surface area contributed by atoms with Crippen LogP contribution in [0.1, 0.15) is 6.23 Å². The number of hydrogen-bond donors (Lipinski definition) is 3. The van der Waals surface area contributed by atoms with E-state index in [0.29, 0.717) is 0 Å².